The number of nitrogens with zero attached hydrogens (tertiary/aromatic N) is 2. The third-order valence-corrected chi connectivity index (χ3v) is 8.41. The molecule has 0 saturated heterocycles. The van der Waals surface area contributed by atoms with Gasteiger partial charge in [0.15, 0.2) is 0 Å². The average Bonchev–Trinajstić information content (AvgIpc) is 2.89. The van der Waals surface area contributed by atoms with Crippen molar-refractivity contribution < 1.29 is 24.3 Å². The molecule has 0 radical (unpaired) electrons. The van der Waals surface area contributed by atoms with E-state index in [0.717, 1.165) is 70.6 Å². The fourth-order valence-corrected chi connectivity index (χ4v) is 6.39. The molecule has 3 aliphatic rings. The smallest absolute Gasteiger partial charge is 0.317 e. The average molecular weight is 550 g/mol. The zero-order valence-electron chi connectivity index (χ0n) is 24.1. The van der Waals surface area contributed by atoms with Gasteiger partial charge in [-0.1, -0.05) is 52.4 Å². The molecule has 0 aromatic rings. The Morgan fingerprint density at radius 2 is 1.21 bits per heavy atom. The first kappa shape index (κ1) is 31.2. The summed E-state index contributed by atoms with van der Waals surface area (Å²) in [6, 6.07) is 0.439. The summed E-state index contributed by atoms with van der Waals surface area (Å²) in [6.07, 6.45) is 14.0. The van der Waals surface area contributed by atoms with Crippen LogP contribution in [0.3, 0.4) is 0 Å². The van der Waals surface area contributed by atoms with Crippen molar-refractivity contribution in [1.29, 1.82) is 0 Å². The summed E-state index contributed by atoms with van der Waals surface area (Å²) < 4.78 is 0. The highest BCUT2D eigenvalue weighted by Crippen LogP contribution is 2.23. The molecule has 3 rings (SSSR count). The number of aliphatic carboxylic acids is 1. The van der Waals surface area contributed by atoms with Crippen molar-refractivity contribution in [2.24, 2.45) is 5.92 Å². The lowest BCUT2D eigenvalue weighted by atomic mass is 9.91. The van der Waals surface area contributed by atoms with Crippen LogP contribution in [0.15, 0.2) is 0 Å². The van der Waals surface area contributed by atoms with E-state index >= 15 is 0 Å². The Morgan fingerprint density at radius 1 is 0.692 bits per heavy atom. The van der Waals surface area contributed by atoms with Crippen LogP contribution in [0.1, 0.15) is 104 Å². The minimum Gasteiger partial charge on any atom is -0.480 e. The van der Waals surface area contributed by atoms with Crippen molar-refractivity contribution in [3.63, 3.8) is 0 Å². The van der Waals surface area contributed by atoms with E-state index in [1.54, 1.807) is 9.80 Å². The molecule has 0 atom stereocenters. The van der Waals surface area contributed by atoms with Gasteiger partial charge in [-0.05, 0) is 57.3 Å². The monoisotopic (exact) mass is 549 g/mol. The van der Waals surface area contributed by atoms with Crippen LogP contribution in [0.5, 0.6) is 0 Å². The summed E-state index contributed by atoms with van der Waals surface area (Å²) in [7, 11) is 0. The summed E-state index contributed by atoms with van der Waals surface area (Å²) in [5, 5.41) is 18.7. The lowest BCUT2D eigenvalue weighted by Crippen LogP contribution is -2.52. The predicted molar refractivity (Wildman–Crippen MR) is 150 cm³/mol. The third-order valence-electron chi connectivity index (χ3n) is 8.41. The number of carboxylic acids is 1. The van der Waals surface area contributed by atoms with Crippen molar-refractivity contribution >= 4 is 23.8 Å². The lowest BCUT2D eigenvalue weighted by molar-refractivity contribution is -0.142. The highest BCUT2D eigenvalue weighted by Gasteiger charge is 2.29. The minimum absolute atomic E-state index is 0.0232. The zero-order valence-corrected chi connectivity index (χ0v) is 24.1. The van der Waals surface area contributed by atoms with E-state index in [9.17, 15) is 24.3 Å². The summed E-state index contributed by atoms with van der Waals surface area (Å²) >= 11 is 0. The van der Waals surface area contributed by atoms with Crippen molar-refractivity contribution in [2.75, 3.05) is 26.2 Å². The Labute approximate surface area is 234 Å². The highest BCUT2D eigenvalue weighted by atomic mass is 16.4. The van der Waals surface area contributed by atoms with Crippen LogP contribution in [0, 0.1) is 5.92 Å². The molecule has 10 nitrogen and oxygen atoms in total. The Kier molecular flexibility index (Phi) is 12.8. The molecule has 3 saturated carbocycles. The number of carbonyl (C=O) groups excluding carboxylic acids is 3. The molecule has 0 aromatic heterocycles. The van der Waals surface area contributed by atoms with E-state index in [2.05, 4.69) is 16.0 Å². The zero-order chi connectivity index (χ0) is 28.2. The van der Waals surface area contributed by atoms with Crippen LogP contribution >= 0.6 is 0 Å². The van der Waals surface area contributed by atoms with Gasteiger partial charge in [0, 0.05) is 30.7 Å². The third kappa shape index (κ3) is 11.3. The van der Waals surface area contributed by atoms with Gasteiger partial charge in [-0.15, -0.1) is 0 Å². The van der Waals surface area contributed by atoms with Crippen LogP contribution in [0.25, 0.3) is 0 Å². The molecular formula is C29H51N5O5. The molecule has 3 aliphatic carbocycles. The Bertz CT molecular complexity index is 802. The minimum atomic E-state index is -0.932. The second-order valence-corrected chi connectivity index (χ2v) is 12.3. The van der Waals surface area contributed by atoms with E-state index in [0.29, 0.717) is 6.54 Å². The van der Waals surface area contributed by atoms with Crippen molar-refractivity contribution in [3.8, 4) is 0 Å². The van der Waals surface area contributed by atoms with E-state index in [1.165, 1.54) is 19.3 Å². The number of carbonyl (C=O) groups is 4. The van der Waals surface area contributed by atoms with Crippen molar-refractivity contribution in [2.45, 2.75) is 128 Å². The molecule has 0 spiro atoms. The van der Waals surface area contributed by atoms with Gasteiger partial charge >= 0.3 is 12.0 Å². The molecule has 0 aliphatic heterocycles. The Hall–Kier alpha value is -2.36. The molecule has 0 bridgehead atoms. The summed E-state index contributed by atoms with van der Waals surface area (Å²) in [5.41, 5.74) is 0. The first-order valence-electron chi connectivity index (χ1n) is 15.3. The number of urea groups is 1. The Morgan fingerprint density at radius 3 is 1.74 bits per heavy atom. The molecule has 222 valence electrons. The summed E-state index contributed by atoms with van der Waals surface area (Å²) in [5.74, 6) is -1.12. The second kappa shape index (κ2) is 16.0. The Balaban J connectivity index is 1.44. The van der Waals surface area contributed by atoms with Crippen LogP contribution in [-0.2, 0) is 14.4 Å². The maximum Gasteiger partial charge on any atom is 0.317 e. The first-order chi connectivity index (χ1) is 18.7. The van der Waals surface area contributed by atoms with Crippen LogP contribution in [0.4, 0.5) is 4.79 Å². The maximum absolute atomic E-state index is 13.3. The number of hydrogen-bond donors (Lipinski definition) is 4. The molecule has 4 N–H and O–H groups in total. The standard InChI is InChI=1S/C29H51N5O5/c1-21(2)17-34(27(36)19-33(20-28(37)38)25-11-7-4-8-12-25)18-26(35)30-23-13-15-24(16-14-23)32-29(39)31-22-9-5-3-6-10-22/h21-25H,3-20H2,1-2H3,(H,30,35)(H,37,38)(H2,31,32,39). The molecular weight excluding hydrogens is 498 g/mol. The number of carboxylic acid groups (broad SMARTS) is 1. The van der Waals surface area contributed by atoms with E-state index < -0.39 is 5.97 Å². The van der Waals surface area contributed by atoms with Gasteiger partial charge in [0.05, 0.1) is 19.6 Å². The molecule has 0 aromatic carbocycles. The predicted octanol–water partition coefficient (Wildman–Crippen LogP) is 3.25. The first-order valence-corrected chi connectivity index (χ1v) is 15.3. The molecule has 4 amide bonds. The lowest BCUT2D eigenvalue weighted by Gasteiger charge is -2.35. The summed E-state index contributed by atoms with van der Waals surface area (Å²) in [4.78, 5) is 53.5. The number of amides is 4. The van der Waals surface area contributed by atoms with Gasteiger partial charge in [-0.3, -0.25) is 19.3 Å². The van der Waals surface area contributed by atoms with Gasteiger partial charge in [0.25, 0.3) is 0 Å². The number of rotatable bonds is 12. The fraction of sp³-hybridized carbons (Fsp3) is 0.862. The quantitative estimate of drug-likeness (QED) is 0.296. The number of nitrogens with one attached hydrogen (secondary N) is 3. The van der Waals surface area contributed by atoms with Crippen molar-refractivity contribution in [3.05, 3.63) is 0 Å². The SMILES string of the molecule is CC(C)CN(CC(=O)NC1CCC(NC(=O)NC2CCCCC2)CC1)C(=O)CN(CC(=O)O)C1CCCCC1. The van der Waals surface area contributed by atoms with Crippen LogP contribution in [0.2, 0.25) is 0 Å². The molecule has 3 fully saturated rings. The molecule has 0 unspecified atom stereocenters. The van der Waals surface area contributed by atoms with Gasteiger partial charge < -0.3 is 26.0 Å². The molecule has 0 heterocycles. The van der Waals surface area contributed by atoms with Crippen LogP contribution in [-0.4, -0.2) is 89.1 Å². The van der Waals surface area contributed by atoms with Gasteiger partial charge in [0.2, 0.25) is 11.8 Å². The normalized spacial score (nSPS) is 22.9. The van der Waals surface area contributed by atoms with Gasteiger partial charge in [-0.25, -0.2) is 4.79 Å². The van der Waals surface area contributed by atoms with Crippen molar-refractivity contribution in [1.82, 2.24) is 25.8 Å². The fourth-order valence-electron chi connectivity index (χ4n) is 6.39. The second-order valence-electron chi connectivity index (χ2n) is 12.3. The van der Waals surface area contributed by atoms with E-state index in [-0.39, 0.29) is 67.6 Å². The van der Waals surface area contributed by atoms with E-state index in [4.69, 9.17) is 0 Å². The highest BCUT2D eigenvalue weighted by molar-refractivity contribution is 5.86. The van der Waals surface area contributed by atoms with Crippen LogP contribution < -0.4 is 16.0 Å². The number of hydrogen-bond acceptors (Lipinski definition) is 5. The van der Waals surface area contributed by atoms with Gasteiger partial charge in [-0.2, -0.15) is 0 Å². The topological polar surface area (TPSA) is 131 Å². The largest absolute Gasteiger partial charge is 0.480 e. The summed E-state index contributed by atoms with van der Waals surface area (Å²) in [6.45, 7) is 4.31. The molecule has 39 heavy (non-hydrogen) atoms. The van der Waals surface area contributed by atoms with E-state index in [1.807, 2.05) is 13.8 Å². The molecule has 10 heteroatoms. The van der Waals surface area contributed by atoms with Gasteiger partial charge in [0.1, 0.15) is 0 Å². The maximum atomic E-state index is 13.3.